The van der Waals surface area contributed by atoms with E-state index in [2.05, 4.69) is 14.3 Å². The number of methoxy groups -OCH3 is 1. The largest absolute Gasteiger partial charge is 0.469 e. The lowest BCUT2D eigenvalue weighted by Gasteiger charge is -2.04. The number of carbonyl (C=O) groups excluding carboxylic acids is 1. The molecular formula is C6H9N3O2S. The Morgan fingerprint density at radius 3 is 3.17 bits per heavy atom. The monoisotopic (exact) mass is 187 g/mol. The Bertz CT molecular complexity index is 249. The molecule has 2 N–H and O–H groups in total. The van der Waals surface area contributed by atoms with E-state index in [0.717, 1.165) is 0 Å². The van der Waals surface area contributed by atoms with Crippen LogP contribution in [0.4, 0.5) is 0 Å². The van der Waals surface area contributed by atoms with Crippen LogP contribution in [0.3, 0.4) is 0 Å². The van der Waals surface area contributed by atoms with Crippen molar-refractivity contribution in [2.45, 2.75) is 12.5 Å². The van der Waals surface area contributed by atoms with Gasteiger partial charge in [0.05, 0.1) is 25.3 Å². The molecule has 0 radical (unpaired) electrons. The van der Waals surface area contributed by atoms with Crippen molar-refractivity contribution in [3.63, 3.8) is 0 Å². The number of carbonyl (C=O) groups is 1. The third-order valence-electron chi connectivity index (χ3n) is 1.37. The summed E-state index contributed by atoms with van der Waals surface area (Å²) in [5.41, 5.74) is 6.25. The molecule has 0 aromatic carbocycles. The van der Waals surface area contributed by atoms with Gasteiger partial charge in [-0.15, -0.1) is 5.10 Å². The summed E-state index contributed by atoms with van der Waals surface area (Å²) in [6, 6.07) is -0.406. The molecule has 1 rings (SSSR count). The molecule has 0 saturated carbocycles. The lowest BCUT2D eigenvalue weighted by molar-refractivity contribution is -0.141. The number of rotatable bonds is 3. The second kappa shape index (κ2) is 4.13. The Labute approximate surface area is 73.7 Å². The van der Waals surface area contributed by atoms with Crippen LogP contribution < -0.4 is 5.73 Å². The summed E-state index contributed by atoms with van der Waals surface area (Å²) >= 11 is 1.21. The summed E-state index contributed by atoms with van der Waals surface area (Å²) in [6.07, 6.45) is 0.141. The van der Waals surface area contributed by atoms with Gasteiger partial charge in [0.15, 0.2) is 0 Å². The number of hydrogen-bond acceptors (Lipinski definition) is 6. The zero-order valence-corrected chi connectivity index (χ0v) is 7.37. The highest BCUT2D eigenvalue weighted by Gasteiger charge is 2.13. The van der Waals surface area contributed by atoms with Gasteiger partial charge in [0.25, 0.3) is 0 Å². The first kappa shape index (κ1) is 9.08. The molecular weight excluding hydrogens is 178 g/mol. The normalized spacial score (nSPS) is 12.5. The van der Waals surface area contributed by atoms with Crippen LogP contribution in [-0.4, -0.2) is 22.7 Å². The van der Waals surface area contributed by atoms with Crippen LogP contribution in [0.2, 0.25) is 0 Å². The number of aromatic nitrogens is 2. The average Bonchev–Trinajstić information content (AvgIpc) is 2.56. The van der Waals surface area contributed by atoms with Crippen LogP contribution in [-0.2, 0) is 9.53 Å². The van der Waals surface area contributed by atoms with Crippen molar-refractivity contribution < 1.29 is 9.53 Å². The van der Waals surface area contributed by atoms with E-state index < -0.39 is 6.04 Å². The van der Waals surface area contributed by atoms with Crippen LogP contribution in [0.15, 0.2) is 5.38 Å². The fourth-order valence-electron chi connectivity index (χ4n) is 0.701. The standard InChI is InChI=1S/C6H9N3O2S/c1-11-6(10)2-4(7)5-3-12-9-8-5/h3-4H,2,7H2,1H3. The molecule has 0 fully saturated rings. The minimum Gasteiger partial charge on any atom is -0.469 e. The molecule has 0 aliphatic carbocycles. The third-order valence-corrected chi connectivity index (χ3v) is 1.89. The van der Waals surface area contributed by atoms with Gasteiger partial charge in [-0.25, -0.2) is 0 Å². The summed E-state index contributed by atoms with van der Waals surface area (Å²) < 4.78 is 8.09. The molecule has 6 heteroatoms. The third kappa shape index (κ3) is 2.24. The van der Waals surface area contributed by atoms with E-state index >= 15 is 0 Å². The summed E-state index contributed by atoms with van der Waals surface area (Å²) in [6.45, 7) is 0. The maximum absolute atomic E-state index is 10.8. The molecule has 1 unspecified atom stereocenters. The first-order valence-corrected chi connectivity index (χ1v) is 4.17. The van der Waals surface area contributed by atoms with Crippen LogP contribution in [0.25, 0.3) is 0 Å². The van der Waals surface area contributed by atoms with Crippen LogP contribution in [0.5, 0.6) is 0 Å². The molecule has 1 aromatic rings. The highest BCUT2D eigenvalue weighted by Crippen LogP contribution is 2.11. The summed E-state index contributed by atoms with van der Waals surface area (Å²) in [7, 11) is 1.33. The van der Waals surface area contributed by atoms with E-state index in [1.807, 2.05) is 0 Å². The Balaban J connectivity index is 2.49. The second-order valence-electron chi connectivity index (χ2n) is 2.22. The van der Waals surface area contributed by atoms with E-state index in [1.54, 1.807) is 5.38 Å². The first-order valence-electron chi connectivity index (χ1n) is 3.33. The molecule has 0 aliphatic heterocycles. The molecule has 1 heterocycles. The number of hydrogen-bond donors (Lipinski definition) is 1. The summed E-state index contributed by atoms with van der Waals surface area (Å²) in [4.78, 5) is 10.8. The molecule has 1 aromatic heterocycles. The number of nitrogens with zero attached hydrogens (tertiary/aromatic N) is 2. The van der Waals surface area contributed by atoms with Gasteiger partial charge in [-0.1, -0.05) is 4.49 Å². The highest BCUT2D eigenvalue weighted by molar-refractivity contribution is 7.03. The van der Waals surface area contributed by atoms with Crippen LogP contribution in [0, 0.1) is 0 Å². The smallest absolute Gasteiger partial charge is 0.307 e. The van der Waals surface area contributed by atoms with Gasteiger partial charge in [-0.3, -0.25) is 4.79 Å². The maximum Gasteiger partial charge on any atom is 0.307 e. The van der Waals surface area contributed by atoms with E-state index in [-0.39, 0.29) is 12.4 Å². The lowest BCUT2D eigenvalue weighted by atomic mass is 10.2. The predicted molar refractivity (Wildman–Crippen MR) is 43.5 cm³/mol. The van der Waals surface area contributed by atoms with E-state index in [1.165, 1.54) is 18.6 Å². The Morgan fingerprint density at radius 2 is 2.67 bits per heavy atom. The quantitative estimate of drug-likeness (QED) is 0.679. The van der Waals surface area contributed by atoms with Crippen molar-refractivity contribution >= 4 is 17.5 Å². The minimum absolute atomic E-state index is 0.141. The Morgan fingerprint density at radius 1 is 1.92 bits per heavy atom. The van der Waals surface area contributed by atoms with Crippen molar-refractivity contribution in [1.82, 2.24) is 9.59 Å². The van der Waals surface area contributed by atoms with Crippen molar-refractivity contribution in [2.75, 3.05) is 7.11 Å². The van der Waals surface area contributed by atoms with Crippen molar-refractivity contribution in [3.8, 4) is 0 Å². The maximum atomic E-state index is 10.8. The lowest BCUT2D eigenvalue weighted by Crippen LogP contribution is -2.16. The average molecular weight is 187 g/mol. The Hall–Kier alpha value is -1.01. The fraction of sp³-hybridized carbons (Fsp3) is 0.500. The molecule has 66 valence electrons. The van der Waals surface area contributed by atoms with Crippen molar-refractivity contribution in [1.29, 1.82) is 0 Å². The van der Waals surface area contributed by atoms with E-state index in [4.69, 9.17) is 5.73 Å². The van der Waals surface area contributed by atoms with Gasteiger partial charge in [-0.05, 0) is 11.5 Å². The number of nitrogens with two attached hydrogens (primary N) is 1. The first-order chi connectivity index (χ1) is 5.74. The molecule has 5 nitrogen and oxygen atoms in total. The van der Waals surface area contributed by atoms with Gasteiger partial charge in [0.1, 0.15) is 0 Å². The zero-order valence-electron chi connectivity index (χ0n) is 6.56. The van der Waals surface area contributed by atoms with Gasteiger partial charge >= 0.3 is 5.97 Å². The number of ether oxygens (including phenoxy) is 1. The van der Waals surface area contributed by atoms with Gasteiger partial charge in [0, 0.05) is 5.38 Å². The molecule has 0 saturated heterocycles. The summed E-state index contributed by atoms with van der Waals surface area (Å²) in [5, 5.41) is 5.46. The predicted octanol–water partition coefficient (Wildman–Crippen LogP) is 0.101. The molecule has 0 aliphatic rings. The zero-order chi connectivity index (χ0) is 8.97. The van der Waals surface area contributed by atoms with Crippen molar-refractivity contribution in [2.24, 2.45) is 5.73 Å². The van der Waals surface area contributed by atoms with Crippen molar-refractivity contribution in [3.05, 3.63) is 11.1 Å². The molecule has 0 bridgehead atoms. The van der Waals surface area contributed by atoms with Crippen LogP contribution >= 0.6 is 11.5 Å². The van der Waals surface area contributed by atoms with E-state index in [0.29, 0.717) is 5.69 Å². The van der Waals surface area contributed by atoms with Gasteiger partial charge in [0.2, 0.25) is 0 Å². The highest BCUT2D eigenvalue weighted by atomic mass is 32.1. The SMILES string of the molecule is COC(=O)CC(N)c1csnn1. The minimum atomic E-state index is -0.406. The van der Waals surface area contributed by atoms with E-state index in [9.17, 15) is 4.79 Å². The topological polar surface area (TPSA) is 78.1 Å². The molecule has 12 heavy (non-hydrogen) atoms. The molecule has 1 atom stereocenters. The fourth-order valence-corrected chi connectivity index (χ4v) is 1.22. The summed E-state index contributed by atoms with van der Waals surface area (Å²) in [5.74, 6) is -0.337. The van der Waals surface area contributed by atoms with Crippen LogP contribution in [0.1, 0.15) is 18.2 Å². The number of esters is 1. The second-order valence-corrected chi connectivity index (χ2v) is 2.83. The van der Waals surface area contributed by atoms with Gasteiger partial charge in [-0.2, -0.15) is 0 Å². The van der Waals surface area contributed by atoms with Gasteiger partial charge < -0.3 is 10.5 Å². The Kier molecular flexibility index (Phi) is 3.12. The molecule has 0 amide bonds. The molecule has 0 spiro atoms.